The van der Waals surface area contributed by atoms with Crippen molar-refractivity contribution in [2.45, 2.75) is 63.7 Å². The number of β-amino-alcohol motifs (C(OH)–C–C–N with tert-alkyl or cyclic N) is 2. The Morgan fingerprint density at radius 1 is 0.972 bits per heavy atom. The molecule has 0 aromatic heterocycles. The third-order valence-corrected chi connectivity index (χ3v) is 8.40. The number of carbonyl (C=O) groups excluding carboxylic acids is 2. The minimum Gasteiger partial charge on any atom is -0.459 e. The maximum atomic E-state index is 12.1. The summed E-state index contributed by atoms with van der Waals surface area (Å²) in [5.41, 5.74) is 5.65. The number of likely N-dealkylation sites (tertiary alicyclic amines) is 2. The van der Waals surface area contributed by atoms with Crippen molar-refractivity contribution in [3.05, 3.63) is 69.3 Å². The van der Waals surface area contributed by atoms with Gasteiger partial charge in [-0.25, -0.2) is 9.59 Å². The predicted molar refractivity (Wildman–Crippen MR) is 131 cm³/mol. The van der Waals surface area contributed by atoms with E-state index >= 15 is 0 Å². The number of piperazine rings is 1. The molecule has 4 aliphatic rings. The Morgan fingerprint density at radius 3 is 2.39 bits per heavy atom. The van der Waals surface area contributed by atoms with E-state index in [0.717, 1.165) is 47.3 Å². The van der Waals surface area contributed by atoms with Crippen LogP contribution in [-0.4, -0.2) is 76.3 Å². The number of carbonyl (C=O) groups is 2. The normalized spacial score (nSPS) is 26.9. The van der Waals surface area contributed by atoms with Crippen LogP contribution in [0, 0.1) is 6.92 Å². The maximum absolute atomic E-state index is 12.1. The number of cyclic esters (lactones) is 2. The van der Waals surface area contributed by atoms with E-state index in [-0.39, 0.29) is 24.6 Å². The van der Waals surface area contributed by atoms with E-state index in [1.807, 2.05) is 32.0 Å². The summed E-state index contributed by atoms with van der Waals surface area (Å²) in [6.45, 7) is 6.92. The van der Waals surface area contributed by atoms with Crippen molar-refractivity contribution < 1.29 is 29.3 Å². The van der Waals surface area contributed by atoms with Crippen molar-refractivity contribution in [2.75, 3.05) is 26.2 Å². The molecule has 36 heavy (non-hydrogen) atoms. The van der Waals surface area contributed by atoms with E-state index < -0.39 is 12.2 Å². The molecule has 2 aromatic carbocycles. The molecule has 2 saturated heterocycles. The zero-order valence-corrected chi connectivity index (χ0v) is 20.6. The first-order chi connectivity index (χ1) is 17.3. The van der Waals surface area contributed by atoms with Gasteiger partial charge in [-0.1, -0.05) is 18.2 Å². The van der Waals surface area contributed by atoms with Gasteiger partial charge in [-0.3, -0.25) is 9.80 Å². The van der Waals surface area contributed by atoms with E-state index in [9.17, 15) is 19.8 Å². The van der Waals surface area contributed by atoms with Crippen LogP contribution in [-0.2, 0) is 22.5 Å². The highest BCUT2D eigenvalue weighted by Gasteiger charge is 2.44. The Labute approximate surface area is 210 Å². The Balaban J connectivity index is 1.07. The lowest BCUT2D eigenvalue weighted by molar-refractivity contribution is 0.0299. The Hall–Kier alpha value is -2.78. The molecule has 1 unspecified atom stereocenters. The smallest absolute Gasteiger partial charge is 0.338 e. The van der Waals surface area contributed by atoms with Gasteiger partial charge < -0.3 is 19.7 Å². The van der Waals surface area contributed by atoms with Gasteiger partial charge in [0.25, 0.3) is 0 Å². The van der Waals surface area contributed by atoms with Crippen LogP contribution in [0.25, 0.3) is 0 Å². The molecule has 2 bridgehead atoms. The fraction of sp³-hybridized carbons (Fsp3) is 0.500. The fourth-order valence-corrected chi connectivity index (χ4v) is 6.44. The number of aliphatic hydroxyl groups is 2. The fourth-order valence-electron chi connectivity index (χ4n) is 6.44. The summed E-state index contributed by atoms with van der Waals surface area (Å²) < 4.78 is 10.4. The van der Waals surface area contributed by atoms with Crippen molar-refractivity contribution >= 4 is 11.9 Å². The first-order valence-electron chi connectivity index (χ1n) is 12.8. The molecule has 2 N–H and O–H groups in total. The summed E-state index contributed by atoms with van der Waals surface area (Å²) in [5.74, 6) is -0.582. The summed E-state index contributed by atoms with van der Waals surface area (Å²) in [6.07, 6.45) is 0.290. The van der Waals surface area contributed by atoms with Gasteiger partial charge in [0.2, 0.25) is 0 Å². The Kier molecular flexibility index (Phi) is 5.87. The molecule has 190 valence electrons. The Bertz CT molecular complexity index is 1230. The molecule has 6 rings (SSSR count). The lowest BCUT2D eigenvalue weighted by atomic mass is 9.95. The van der Waals surface area contributed by atoms with Crippen molar-refractivity contribution in [3.63, 3.8) is 0 Å². The largest absolute Gasteiger partial charge is 0.459 e. The molecule has 4 aliphatic heterocycles. The summed E-state index contributed by atoms with van der Waals surface area (Å²) in [7, 11) is 0. The minimum absolute atomic E-state index is 0.149. The summed E-state index contributed by atoms with van der Waals surface area (Å²) >= 11 is 0. The molecular formula is C28H32N2O6. The van der Waals surface area contributed by atoms with E-state index in [4.69, 9.17) is 9.47 Å². The van der Waals surface area contributed by atoms with Gasteiger partial charge >= 0.3 is 11.9 Å². The number of nitrogens with zero attached hydrogens (tertiary/aromatic N) is 2. The highest BCUT2D eigenvalue weighted by molar-refractivity contribution is 5.94. The first-order valence-corrected chi connectivity index (χ1v) is 12.8. The van der Waals surface area contributed by atoms with Gasteiger partial charge in [-0.2, -0.15) is 0 Å². The molecule has 4 heterocycles. The second-order valence-electron chi connectivity index (χ2n) is 10.7. The molecule has 0 spiro atoms. The first kappa shape index (κ1) is 23.6. The van der Waals surface area contributed by atoms with Crippen LogP contribution in [0.5, 0.6) is 0 Å². The lowest BCUT2D eigenvalue weighted by Gasteiger charge is -2.36. The molecule has 0 amide bonds. The molecular weight excluding hydrogens is 460 g/mol. The molecule has 5 atom stereocenters. The quantitative estimate of drug-likeness (QED) is 0.593. The zero-order chi connectivity index (χ0) is 25.1. The number of aliphatic hydroxyl groups excluding tert-OH is 2. The maximum Gasteiger partial charge on any atom is 0.338 e. The van der Waals surface area contributed by atoms with Crippen molar-refractivity contribution in [1.82, 2.24) is 9.80 Å². The van der Waals surface area contributed by atoms with Crippen LogP contribution in [0.3, 0.4) is 0 Å². The second kappa shape index (κ2) is 8.95. The third-order valence-electron chi connectivity index (χ3n) is 8.40. The average Bonchev–Trinajstić information content (AvgIpc) is 3.53. The van der Waals surface area contributed by atoms with Gasteiger partial charge in [0, 0.05) is 50.2 Å². The Morgan fingerprint density at radius 2 is 1.67 bits per heavy atom. The van der Waals surface area contributed by atoms with Crippen LogP contribution in [0.1, 0.15) is 74.1 Å². The topological polar surface area (TPSA) is 99.5 Å². The molecule has 0 radical (unpaired) electrons. The zero-order valence-electron chi connectivity index (χ0n) is 20.6. The number of esters is 2. The highest BCUT2D eigenvalue weighted by Crippen LogP contribution is 2.35. The monoisotopic (exact) mass is 492 g/mol. The molecule has 8 nitrogen and oxygen atoms in total. The number of rotatable bonds is 6. The highest BCUT2D eigenvalue weighted by atomic mass is 16.5. The van der Waals surface area contributed by atoms with Crippen LogP contribution >= 0.6 is 0 Å². The molecule has 2 aromatic rings. The van der Waals surface area contributed by atoms with E-state index in [2.05, 4.69) is 9.80 Å². The van der Waals surface area contributed by atoms with Crippen LogP contribution in [0.2, 0.25) is 0 Å². The molecule has 0 saturated carbocycles. The third kappa shape index (κ3) is 4.02. The molecule has 0 aliphatic carbocycles. The van der Waals surface area contributed by atoms with E-state index in [1.54, 1.807) is 12.1 Å². The molecule has 2 fully saturated rings. The van der Waals surface area contributed by atoms with Crippen LogP contribution < -0.4 is 0 Å². The lowest BCUT2D eigenvalue weighted by Crippen LogP contribution is -2.48. The van der Waals surface area contributed by atoms with Crippen LogP contribution in [0.4, 0.5) is 0 Å². The summed E-state index contributed by atoms with van der Waals surface area (Å²) in [4.78, 5) is 28.6. The number of fused-ring (bicyclic) bond motifs is 4. The van der Waals surface area contributed by atoms with E-state index in [0.29, 0.717) is 42.7 Å². The number of benzene rings is 2. The van der Waals surface area contributed by atoms with Crippen molar-refractivity contribution in [1.29, 1.82) is 0 Å². The standard InChI is InChI=1S/C28H32N2O6/c1-15-7-18-8-17(3-4-22(18)28(34)36-15)25(31)12-29-10-20-9-19(29)11-30(20)13-26(32)21-5-6-23-24(16(21)2)14-35-27(23)33/h3-6,8,15,19-20,25-26,31-32H,7,9-14H2,1-2H3/t15-,19+,20+,25?,26+/m0/s1. The van der Waals surface area contributed by atoms with Gasteiger partial charge in [0.05, 0.1) is 23.3 Å². The number of ether oxygens (including phenoxy) is 2. The SMILES string of the molecule is Cc1c([C@H](O)CN2C[C@H]3C[C@@H]2CN3CC(O)c2ccc3c(c2)C[C@H](C)OC3=O)ccc2c1COC2=O. The van der Waals surface area contributed by atoms with Crippen molar-refractivity contribution in [3.8, 4) is 0 Å². The summed E-state index contributed by atoms with van der Waals surface area (Å²) in [6, 6.07) is 9.85. The van der Waals surface area contributed by atoms with E-state index in [1.165, 1.54) is 0 Å². The summed E-state index contributed by atoms with van der Waals surface area (Å²) in [5, 5.41) is 22.0. The van der Waals surface area contributed by atoms with Gasteiger partial charge in [-0.15, -0.1) is 0 Å². The van der Waals surface area contributed by atoms with Gasteiger partial charge in [0.15, 0.2) is 0 Å². The molecule has 8 heteroatoms. The predicted octanol–water partition coefficient (Wildman–Crippen LogP) is 2.29. The number of hydrogen-bond donors (Lipinski definition) is 2. The second-order valence-corrected chi connectivity index (χ2v) is 10.7. The van der Waals surface area contributed by atoms with Crippen molar-refractivity contribution in [2.24, 2.45) is 0 Å². The van der Waals surface area contributed by atoms with Gasteiger partial charge in [-0.05, 0) is 54.7 Å². The average molecular weight is 493 g/mol. The number of hydrogen-bond acceptors (Lipinski definition) is 8. The minimum atomic E-state index is -0.631. The van der Waals surface area contributed by atoms with Gasteiger partial charge in [0.1, 0.15) is 12.7 Å². The van der Waals surface area contributed by atoms with Crippen LogP contribution in [0.15, 0.2) is 30.3 Å².